The Balaban J connectivity index is 1.66. The van der Waals surface area contributed by atoms with Gasteiger partial charge in [-0.2, -0.15) is 0 Å². The fraction of sp³-hybridized carbons (Fsp3) is 0.231. The molecular formula is C26H26N2O3. The monoisotopic (exact) mass is 414 g/mol. The minimum absolute atomic E-state index is 0.127. The Morgan fingerprint density at radius 3 is 2.48 bits per heavy atom. The van der Waals surface area contributed by atoms with E-state index in [4.69, 9.17) is 4.74 Å². The Morgan fingerprint density at radius 1 is 1.00 bits per heavy atom. The number of amides is 2. The van der Waals surface area contributed by atoms with E-state index in [1.807, 2.05) is 61.5 Å². The first-order chi connectivity index (χ1) is 15.1. The van der Waals surface area contributed by atoms with Crippen molar-refractivity contribution >= 4 is 17.5 Å². The van der Waals surface area contributed by atoms with E-state index in [1.165, 1.54) is 0 Å². The van der Waals surface area contributed by atoms with Crippen LogP contribution in [-0.2, 0) is 11.2 Å². The van der Waals surface area contributed by atoms with Crippen LogP contribution in [0.25, 0.3) is 0 Å². The number of carbonyl (C=O) groups excluding carboxylic acids is 2. The summed E-state index contributed by atoms with van der Waals surface area (Å²) in [5.41, 5.74) is 4.16. The van der Waals surface area contributed by atoms with Gasteiger partial charge in [-0.1, -0.05) is 48.5 Å². The Hall–Kier alpha value is -3.60. The number of fused-ring (bicyclic) bond motifs is 1. The molecule has 0 spiro atoms. The van der Waals surface area contributed by atoms with Gasteiger partial charge in [-0.05, 0) is 60.7 Å². The third-order valence-corrected chi connectivity index (χ3v) is 5.71. The van der Waals surface area contributed by atoms with Crippen LogP contribution in [0.2, 0.25) is 0 Å². The second-order valence-electron chi connectivity index (χ2n) is 7.72. The summed E-state index contributed by atoms with van der Waals surface area (Å²) >= 11 is 0. The molecule has 0 unspecified atom stereocenters. The summed E-state index contributed by atoms with van der Waals surface area (Å²) in [4.78, 5) is 28.7. The molecular weight excluding hydrogens is 388 g/mol. The molecule has 0 saturated carbocycles. The first-order valence-corrected chi connectivity index (χ1v) is 10.5. The number of carbonyl (C=O) groups is 2. The molecule has 1 aliphatic rings. The normalized spacial score (nSPS) is 13.8. The van der Waals surface area contributed by atoms with E-state index in [0.29, 0.717) is 17.9 Å². The second kappa shape index (κ2) is 9.04. The van der Waals surface area contributed by atoms with Crippen molar-refractivity contribution in [1.29, 1.82) is 0 Å². The number of ether oxygens (including phenoxy) is 1. The van der Waals surface area contributed by atoms with Gasteiger partial charge in [-0.3, -0.25) is 9.59 Å². The summed E-state index contributed by atoms with van der Waals surface area (Å²) < 4.78 is 5.24. The number of rotatable bonds is 5. The van der Waals surface area contributed by atoms with Crippen molar-refractivity contribution in [2.75, 3.05) is 18.6 Å². The third kappa shape index (κ3) is 4.31. The van der Waals surface area contributed by atoms with E-state index in [0.717, 1.165) is 35.2 Å². The van der Waals surface area contributed by atoms with Crippen LogP contribution in [0.1, 0.15) is 39.5 Å². The summed E-state index contributed by atoms with van der Waals surface area (Å²) in [5.74, 6) is 0.278. The molecule has 2 amide bonds. The van der Waals surface area contributed by atoms with Gasteiger partial charge in [0.25, 0.3) is 11.8 Å². The Kier molecular flexibility index (Phi) is 6.03. The molecule has 0 fully saturated rings. The highest BCUT2D eigenvalue weighted by Crippen LogP contribution is 2.30. The van der Waals surface area contributed by atoms with Gasteiger partial charge in [-0.15, -0.1) is 0 Å². The van der Waals surface area contributed by atoms with E-state index in [9.17, 15) is 9.59 Å². The molecule has 5 nitrogen and oxygen atoms in total. The molecule has 1 aliphatic heterocycles. The fourth-order valence-electron chi connectivity index (χ4n) is 4.08. The van der Waals surface area contributed by atoms with Crippen LogP contribution in [0.4, 0.5) is 5.69 Å². The van der Waals surface area contributed by atoms with Crippen molar-refractivity contribution in [2.45, 2.75) is 25.8 Å². The molecule has 4 rings (SSSR count). The number of para-hydroxylation sites is 1. The summed E-state index contributed by atoms with van der Waals surface area (Å²) in [5, 5.41) is 2.98. The van der Waals surface area contributed by atoms with Crippen LogP contribution in [0.5, 0.6) is 5.75 Å². The molecule has 3 aromatic carbocycles. The summed E-state index contributed by atoms with van der Waals surface area (Å²) in [6, 6.07) is 21.9. The highest BCUT2D eigenvalue weighted by molar-refractivity contribution is 6.03. The van der Waals surface area contributed by atoms with E-state index in [1.54, 1.807) is 24.1 Å². The largest absolute Gasteiger partial charge is 0.497 e. The average molecular weight is 415 g/mol. The first kappa shape index (κ1) is 20.7. The molecule has 0 radical (unpaired) electrons. The predicted octanol–water partition coefficient (Wildman–Crippen LogP) is 4.45. The van der Waals surface area contributed by atoms with Crippen LogP contribution in [0.15, 0.2) is 72.8 Å². The van der Waals surface area contributed by atoms with Crippen molar-refractivity contribution in [3.8, 4) is 5.75 Å². The quantitative estimate of drug-likeness (QED) is 0.671. The van der Waals surface area contributed by atoms with Crippen LogP contribution in [-0.4, -0.2) is 25.5 Å². The standard InChI is InChI=1S/C26H26N2O3/c1-18-17-21(31-2)14-15-22(18)25(29)27-24(20-10-4-3-5-11-20)26(30)28-16-8-12-19-9-6-7-13-23(19)28/h3-7,9-11,13-15,17,24H,8,12,16H2,1-2H3,(H,27,29)/t24-/m1/s1. The molecule has 3 aromatic rings. The van der Waals surface area contributed by atoms with Crippen molar-refractivity contribution in [3.05, 3.63) is 95.1 Å². The van der Waals surface area contributed by atoms with Gasteiger partial charge in [0.15, 0.2) is 0 Å². The van der Waals surface area contributed by atoms with Crippen LogP contribution in [0.3, 0.4) is 0 Å². The zero-order valence-corrected chi connectivity index (χ0v) is 17.8. The highest BCUT2D eigenvalue weighted by atomic mass is 16.5. The number of anilines is 1. The maximum Gasteiger partial charge on any atom is 0.254 e. The van der Waals surface area contributed by atoms with Gasteiger partial charge in [-0.25, -0.2) is 0 Å². The Bertz CT molecular complexity index is 1090. The number of nitrogens with zero attached hydrogens (tertiary/aromatic N) is 1. The van der Waals surface area contributed by atoms with E-state index in [2.05, 4.69) is 11.4 Å². The van der Waals surface area contributed by atoms with E-state index < -0.39 is 6.04 Å². The van der Waals surface area contributed by atoms with Crippen molar-refractivity contribution in [1.82, 2.24) is 5.32 Å². The number of benzene rings is 3. The maximum atomic E-state index is 13.7. The Morgan fingerprint density at radius 2 is 1.74 bits per heavy atom. The lowest BCUT2D eigenvalue weighted by Crippen LogP contribution is -2.45. The average Bonchev–Trinajstić information content (AvgIpc) is 2.82. The lowest BCUT2D eigenvalue weighted by atomic mass is 9.98. The predicted molar refractivity (Wildman–Crippen MR) is 121 cm³/mol. The molecule has 5 heteroatoms. The molecule has 1 heterocycles. The molecule has 1 N–H and O–H groups in total. The maximum absolute atomic E-state index is 13.7. The van der Waals surface area contributed by atoms with Crippen molar-refractivity contribution in [3.63, 3.8) is 0 Å². The zero-order valence-electron chi connectivity index (χ0n) is 17.8. The van der Waals surface area contributed by atoms with Gasteiger partial charge < -0.3 is 15.0 Å². The number of hydrogen-bond acceptors (Lipinski definition) is 3. The number of methoxy groups -OCH3 is 1. The minimum atomic E-state index is -0.777. The summed E-state index contributed by atoms with van der Waals surface area (Å²) in [6.45, 7) is 2.49. The molecule has 31 heavy (non-hydrogen) atoms. The van der Waals surface area contributed by atoms with Crippen LogP contribution in [0, 0.1) is 6.92 Å². The van der Waals surface area contributed by atoms with E-state index in [-0.39, 0.29) is 11.8 Å². The first-order valence-electron chi connectivity index (χ1n) is 10.5. The smallest absolute Gasteiger partial charge is 0.254 e. The van der Waals surface area contributed by atoms with Crippen LogP contribution < -0.4 is 15.0 Å². The number of hydrogen-bond donors (Lipinski definition) is 1. The lowest BCUT2D eigenvalue weighted by Gasteiger charge is -2.33. The van der Waals surface area contributed by atoms with Gasteiger partial charge >= 0.3 is 0 Å². The number of nitrogens with one attached hydrogen (secondary N) is 1. The van der Waals surface area contributed by atoms with Crippen molar-refractivity contribution in [2.24, 2.45) is 0 Å². The number of aryl methyl sites for hydroxylation is 2. The third-order valence-electron chi connectivity index (χ3n) is 5.71. The molecule has 0 aromatic heterocycles. The Labute approximate surface area is 182 Å². The minimum Gasteiger partial charge on any atom is -0.497 e. The van der Waals surface area contributed by atoms with Crippen LogP contribution >= 0.6 is 0 Å². The SMILES string of the molecule is COc1ccc(C(=O)N[C@@H](C(=O)N2CCCc3ccccc32)c2ccccc2)c(C)c1. The van der Waals surface area contributed by atoms with E-state index >= 15 is 0 Å². The summed E-state index contributed by atoms with van der Waals surface area (Å²) in [6.07, 6.45) is 1.85. The van der Waals surface area contributed by atoms with Gasteiger partial charge in [0, 0.05) is 17.8 Å². The summed E-state index contributed by atoms with van der Waals surface area (Å²) in [7, 11) is 1.59. The molecule has 0 aliphatic carbocycles. The molecule has 0 bridgehead atoms. The van der Waals surface area contributed by atoms with Crippen molar-refractivity contribution < 1.29 is 14.3 Å². The molecule has 0 saturated heterocycles. The highest BCUT2D eigenvalue weighted by Gasteiger charge is 2.31. The van der Waals surface area contributed by atoms with Gasteiger partial charge in [0.05, 0.1) is 7.11 Å². The van der Waals surface area contributed by atoms with Gasteiger partial charge in [0.1, 0.15) is 11.8 Å². The van der Waals surface area contributed by atoms with Gasteiger partial charge in [0.2, 0.25) is 0 Å². The second-order valence-corrected chi connectivity index (χ2v) is 7.72. The molecule has 1 atom stereocenters. The fourth-order valence-corrected chi connectivity index (χ4v) is 4.08. The zero-order chi connectivity index (χ0) is 21.8. The lowest BCUT2D eigenvalue weighted by molar-refractivity contribution is -0.120. The molecule has 158 valence electrons. The topological polar surface area (TPSA) is 58.6 Å².